The van der Waals surface area contributed by atoms with E-state index in [1.54, 1.807) is 4.57 Å². The van der Waals surface area contributed by atoms with Crippen molar-refractivity contribution >= 4 is 28.7 Å². The molecule has 12 heteroatoms. The van der Waals surface area contributed by atoms with Gasteiger partial charge in [-0.2, -0.15) is 0 Å². The number of carbonyl (C=O) groups is 1. The Bertz CT molecular complexity index is 1270. The number of aliphatic hydroxyl groups is 2. The fourth-order valence-corrected chi connectivity index (χ4v) is 4.71. The number of fused-ring (bicyclic) bond motifs is 1. The summed E-state index contributed by atoms with van der Waals surface area (Å²) in [6, 6.07) is 7.67. The Morgan fingerprint density at radius 1 is 1.26 bits per heavy atom. The maximum absolute atomic E-state index is 12.4. The zero-order valence-corrected chi connectivity index (χ0v) is 23.3. The predicted octanol–water partition coefficient (Wildman–Crippen LogP) is 1.73. The summed E-state index contributed by atoms with van der Waals surface area (Å²) in [5, 5.41) is 28.0. The third-order valence-electron chi connectivity index (χ3n) is 7.16. The number of carbonyl (C=O) groups excluding carboxylic acids is 1. The van der Waals surface area contributed by atoms with Crippen molar-refractivity contribution in [2.75, 3.05) is 37.3 Å². The number of nitrogens with zero attached hydrogens (tertiary/aromatic N) is 5. The van der Waals surface area contributed by atoms with Crippen LogP contribution in [0, 0.1) is 0 Å². The number of ether oxygens (including phenoxy) is 1. The summed E-state index contributed by atoms with van der Waals surface area (Å²) >= 11 is 0. The average molecular weight is 541 g/mol. The zero-order valence-electron chi connectivity index (χ0n) is 23.3. The lowest BCUT2D eigenvalue weighted by Crippen LogP contribution is -2.51. The van der Waals surface area contributed by atoms with E-state index in [2.05, 4.69) is 51.3 Å². The molecule has 1 aromatic carbocycles. The van der Waals surface area contributed by atoms with Gasteiger partial charge in [0.1, 0.15) is 23.5 Å². The van der Waals surface area contributed by atoms with Gasteiger partial charge in [0.25, 0.3) is 0 Å². The average Bonchev–Trinajstić information content (AvgIpc) is 3.40. The SMILES string of the molecule is CC(C)N(CCNC(=O)Nc1ccc(C(C)(C)C)cc1)C[C@H]1OC[C@](O)(Cn2cnc3c(N)ncnc32)[C@@H]1O. The highest BCUT2D eigenvalue weighted by Crippen LogP contribution is 2.29. The fraction of sp³-hybridized carbons (Fsp3) is 0.556. The van der Waals surface area contributed by atoms with Gasteiger partial charge in [-0.05, 0) is 37.0 Å². The van der Waals surface area contributed by atoms with E-state index >= 15 is 0 Å². The number of urea groups is 1. The summed E-state index contributed by atoms with van der Waals surface area (Å²) in [6.07, 6.45) is 1.11. The van der Waals surface area contributed by atoms with E-state index in [0.717, 1.165) is 5.69 Å². The van der Waals surface area contributed by atoms with Crippen molar-refractivity contribution < 1.29 is 19.7 Å². The molecule has 4 rings (SSSR count). The van der Waals surface area contributed by atoms with Gasteiger partial charge >= 0.3 is 6.03 Å². The van der Waals surface area contributed by atoms with Crippen LogP contribution >= 0.6 is 0 Å². The third kappa shape index (κ3) is 6.64. The van der Waals surface area contributed by atoms with Crippen molar-refractivity contribution in [1.29, 1.82) is 0 Å². The maximum Gasteiger partial charge on any atom is 0.319 e. The van der Waals surface area contributed by atoms with Gasteiger partial charge in [0, 0.05) is 31.4 Å². The first kappa shape index (κ1) is 28.7. The van der Waals surface area contributed by atoms with E-state index < -0.39 is 17.8 Å². The lowest BCUT2D eigenvalue weighted by atomic mass is 9.87. The molecule has 212 valence electrons. The molecule has 2 aromatic heterocycles. The second-order valence-electron chi connectivity index (χ2n) is 11.5. The van der Waals surface area contributed by atoms with Crippen molar-refractivity contribution in [3.05, 3.63) is 42.5 Å². The quantitative estimate of drug-likeness (QED) is 0.272. The van der Waals surface area contributed by atoms with Gasteiger partial charge in [0.2, 0.25) is 0 Å². The molecular formula is C27H40N8O4. The van der Waals surface area contributed by atoms with E-state index in [1.165, 1.54) is 18.2 Å². The van der Waals surface area contributed by atoms with Gasteiger partial charge in [0.15, 0.2) is 11.5 Å². The molecule has 0 unspecified atom stereocenters. The number of nitrogens with two attached hydrogens (primary N) is 1. The first-order valence-corrected chi connectivity index (χ1v) is 13.2. The van der Waals surface area contributed by atoms with Crippen LogP contribution in [0.2, 0.25) is 0 Å². The van der Waals surface area contributed by atoms with Crippen LogP contribution in [0.25, 0.3) is 11.2 Å². The second kappa shape index (κ2) is 11.4. The molecule has 3 heterocycles. The number of hydrogen-bond acceptors (Lipinski definition) is 9. The van der Waals surface area contributed by atoms with Gasteiger partial charge in [-0.25, -0.2) is 19.7 Å². The predicted molar refractivity (Wildman–Crippen MR) is 149 cm³/mol. The monoisotopic (exact) mass is 540 g/mol. The summed E-state index contributed by atoms with van der Waals surface area (Å²) in [5.41, 5.74) is 7.22. The molecule has 3 aromatic rings. The van der Waals surface area contributed by atoms with Crippen molar-refractivity contribution in [1.82, 2.24) is 29.7 Å². The van der Waals surface area contributed by atoms with Crippen LogP contribution in [0.3, 0.4) is 0 Å². The Balaban J connectivity index is 1.29. The summed E-state index contributed by atoms with van der Waals surface area (Å²) in [5.74, 6) is 0.250. The smallest absolute Gasteiger partial charge is 0.319 e. The number of imidazole rings is 1. The number of nitrogen functional groups attached to an aromatic ring is 1. The number of anilines is 2. The van der Waals surface area contributed by atoms with E-state index in [0.29, 0.717) is 30.8 Å². The van der Waals surface area contributed by atoms with Crippen LogP contribution in [-0.2, 0) is 16.7 Å². The molecule has 0 saturated carbocycles. The van der Waals surface area contributed by atoms with E-state index in [4.69, 9.17) is 10.5 Å². The van der Waals surface area contributed by atoms with Crippen LogP contribution in [0.15, 0.2) is 36.9 Å². The molecule has 39 heavy (non-hydrogen) atoms. The number of nitrogens with one attached hydrogen (secondary N) is 2. The van der Waals surface area contributed by atoms with Crippen LogP contribution < -0.4 is 16.4 Å². The molecule has 6 N–H and O–H groups in total. The number of hydrogen-bond donors (Lipinski definition) is 5. The number of rotatable bonds is 9. The molecule has 3 atom stereocenters. The lowest BCUT2D eigenvalue weighted by Gasteiger charge is -2.32. The first-order chi connectivity index (χ1) is 18.4. The van der Waals surface area contributed by atoms with Crippen molar-refractivity contribution in [2.24, 2.45) is 0 Å². The maximum atomic E-state index is 12.4. The Morgan fingerprint density at radius 3 is 2.64 bits per heavy atom. The Morgan fingerprint density at radius 2 is 1.97 bits per heavy atom. The molecule has 2 amide bonds. The molecule has 1 saturated heterocycles. The van der Waals surface area contributed by atoms with Crippen LogP contribution in [0.5, 0.6) is 0 Å². The number of amides is 2. The Labute approximate surface area is 228 Å². The molecule has 0 radical (unpaired) electrons. The van der Waals surface area contributed by atoms with Gasteiger partial charge in [0.05, 0.1) is 25.6 Å². The van der Waals surface area contributed by atoms with Gasteiger partial charge in [-0.15, -0.1) is 0 Å². The molecule has 1 aliphatic heterocycles. The summed E-state index contributed by atoms with van der Waals surface area (Å²) in [6.45, 7) is 11.8. The van der Waals surface area contributed by atoms with E-state index in [9.17, 15) is 15.0 Å². The van der Waals surface area contributed by atoms with Crippen molar-refractivity contribution in [3.63, 3.8) is 0 Å². The minimum absolute atomic E-state index is 0.0394. The molecule has 0 spiro atoms. The van der Waals surface area contributed by atoms with E-state index in [-0.39, 0.29) is 36.5 Å². The summed E-state index contributed by atoms with van der Waals surface area (Å²) in [4.78, 5) is 26.9. The van der Waals surface area contributed by atoms with Crippen molar-refractivity contribution in [2.45, 2.75) is 70.4 Å². The molecule has 0 aliphatic carbocycles. The third-order valence-corrected chi connectivity index (χ3v) is 7.16. The minimum atomic E-state index is -1.53. The fourth-order valence-electron chi connectivity index (χ4n) is 4.71. The number of aliphatic hydroxyl groups excluding tert-OH is 1. The highest BCUT2D eigenvalue weighted by Gasteiger charge is 2.48. The highest BCUT2D eigenvalue weighted by atomic mass is 16.5. The Hall–Kier alpha value is -3.32. The lowest BCUT2D eigenvalue weighted by molar-refractivity contribution is -0.0630. The number of benzene rings is 1. The van der Waals surface area contributed by atoms with Crippen LogP contribution in [0.4, 0.5) is 16.3 Å². The molecule has 1 fully saturated rings. The second-order valence-corrected chi connectivity index (χ2v) is 11.5. The first-order valence-electron chi connectivity index (χ1n) is 13.2. The summed E-state index contributed by atoms with van der Waals surface area (Å²) in [7, 11) is 0. The number of aromatic nitrogens is 4. The normalized spacial score (nSPS) is 21.7. The van der Waals surface area contributed by atoms with Crippen LogP contribution in [0.1, 0.15) is 40.2 Å². The molecule has 1 aliphatic rings. The largest absolute Gasteiger partial charge is 0.387 e. The zero-order chi connectivity index (χ0) is 28.4. The van der Waals surface area contributed by atoms with Gasteiger partial charge in [-0.3, -0.25) is 4.90 Å². The molecule has 12 nitrogen and oxygen atoms in total. The molecular weight excluding hydrogens is 500 g/mol. The van der Waals surface area contributed by atoms with Gasteiger partial charge < -0.3 is 35.9 Å². The Kier molecular flexibility index (Phi) is 8.40. The molecule has 0 bridgehead atoms. The van der Waals surface area contributed by atoms with Gasteiger partial charge in [-0.1, -0.05) is 32.9 Å². The topological polar surface area (TPSA) is 164 Å². The highest BCUT2D eigenvalue weighted by molar-refractivity contribution is 5.89. The van der Waals surface area contributed by atoms with E-state index in [1.807, 2.05) is 38.1 Å². The van der Waals surface area contributed by atoms with Crippen molar-refractivity contribution in [3.8, 4) is 0 Å². The standard InChI is InChI=1S/C27H40N8O4/c1-17(2)34(11-10-29-25(37)33-19-8-6-18(7-9-19)26(3,4)5)12-20-22(36)27(38,14-39-20)13-35-16-32-21-23(28)30-15-31-24(21)35/h6-9,15-17,20,22,36,38H,10-14H2,1-5H3,(H2,28,30,31)(H2,29,33,37)/t20-,22-,27-/m1/s1. The van der Waals surface area contributed by atoms with Crippen LogP contribution in [-0.4, -0.2) is 90.8 Å². The summed E-state index contributed by atoms with van der Waals surface area (Å²) < 4.78 is 7.49. The minimum Gasteiger partial charge on any atom is -0.387 e.